The van der Waals surface area contributed by atoms with Gasteiger partial charge in [0.05, 0.1) is 25.0 Å². The normalized spacial score (nSPS) is 45.7. The van der Waals surface area contributed by atoms with E-state index in [4.69, 9.17) is 0 Å². The Kier molecular flexibility index (Phi) is 6.89. The zero-order valence-electron chi connectivity index (χ0n) is 19.9. The molecule has 2 saturated heterocycles. The van der Waals surface area contributed by atoms with Crippen molar-refractivity contribution in [2.75, 3.05) is 13.2 Å². The Morgan fingerprint density at radius 2 is 1.97 bits per heavy atom. The smallest absolute Gasteiger partial charge is 0.257 e. The minimum atomic E-state index is -0.323. The average molecular weight is 446 g/mol. The second kappa shape index (κ2) is 9.69. The van der Waals surface area contributed by atoms with E-state index in [9.17, 15) is 9.90 Å². The molecule has 7 nitrogen and oxygen atoms in total. The first-order valence-electron chi connectivity index (χ1n) is 13.3. The van der Waals surface area contributed by atoms with Crippen LogP contribution in [0.15, 0.2) is 5.10 Å². The van der Waals surface area contributed by atoms with E-state index >= 15 is 0 Å². The second-order valence-corrected chi connectivity index (χ2v) is 11.5. The molecule has 2 heterocycles. The molecule has 10 unspecified atom stereocenters. The topological polar surface area (TPSA) is 89.0 Å². The maximum absolute atomic E-state index is 12.9. The van der Waals surface area contributed by atoms with Gasteiger partial charge in [-0.2, -0.15) is 5.10 Å². The van der Waals surface area contributed by atoms with E-state index in [1.807, 2.05) is 13.1 Å². The fourth-order valence-corrected chi connectivity index (χ4v) is 7.63. The summed E-state index contributed by atoms with van der Waals surface area (Å²) >= 11 is 0. The summed E-state index contributed by atoms with van der Waals surface area (Å²) in [4.78, 5) is 15.2. The summed E-state index contributed by atoms with van der Waals surface area (Å²) in [5.74, 6) is 3.38. The molecule has 0 aromatic carbocycles. The maximum Gasteiger partial charge on any atom is 0.257 e. The molecule has 0 bridgehead atoms. The Morgan fingerprint density at radius 1 is 1.12 bits per heavy atom. The summed E-state index contributed by atoms with van der Waals surface area (Å²) in [7, 11) is 0. The lowest BCUT2D eigenvalue weighted by molar-refractivity contribution is -0.127. The van der Waals surface area contributed by atoms with Crippen molar-refractivity contribution in [1.82, 2.24) is 21.0 Å². The number of nitrogens with zero attached hydrogens (tertiary/aromatic N) is 2. The van der Waals surface area contributed by atoms with E-state index in [1.54, 1.807) is 0 Å². The van der Waals surface area contributed by atoms with Crippen molar-refractivity contribution in [2.45, 2.75) is 96.0 Å². The van der Waals surface area contributed by atoms with Crippen LogP contribution < -0.4 is 16.1 Å². The molecule has 5 aliphatic rings. The van der Waals surface area contributed by atoms with Crippen molar-refractivity contribution < 1.29 is 9.90 Å². The Bertz CT molecular complexity index is 702. The van der Waals surface area contributed by atoms with Gasteiger partial charge in [-0.15, -0.1) is 0 Å². The fraction of sp³-hybridized carbons (Fsp3) is 0.920. The van der Waals surface area contributed by atoms with Gasteiger partial charge in [-0.1, -0.05) is 32.6 Å². The van der Waals surface area contributed by atoms with Crippen molar-refractivity contribution >= 4 is 12.1 Å². The number of hydrogen-bond acceptors (Lipinski definition) is 6. The first kappa shape index (κ1) is 22.8. The quantitative estimate of drug-likeness (QED) is 0.394. The second-order valence-electron chi connectivity index (χ2n) is 11.5. The summed E-state index contributed by atoms with van der Waals surface area (Å²) in [6.07, 6.45) is 12.8. The summed E-state index contributed by atoms with van der Waals surface area (Å²) in [5, 5.41) is 22.4. The van der Waals surface area contributed by atoms with Crippen LogP contribution in [-0.2, 0) is 4.79 Å². The molecule has 3 saturated carbocycles. The highest BCUT2D eigenvalue weighted by Crippen LogP contribution is 2.43. The van der Waals surface area contributed by atoms with Crippen LogP contribution >= 0.6 is 0 Å². The molecule has 3 aliphatic carbocycles. The molecule has 1 amide bonds. The van der Waals surface area contributed by atoms with E-state index in [1.165, 1.54) is 44.9 Å². The molecule has 5 rings (SSSR count). The third-order valence-corrected chi connectivity index (χ3v) is 9.59. The van der Waals surface area contributed by atoms with Crippen molar-refractivity contribution in [3.63, 3.8) is 0 Å². The molecule has 4 N–H and O–H groups in total. The van der Waals surface area contributed by atoms with E-state index in [-0.39, 0.29) is 24.0 Å². The van der Waals surface area contributed by atoms with Crippen LogP contribution in [0, 0.1) is 35.5 Å². The average Bonchev–Trinajstić information content (AvgIpc) is 3.16. The molecule has 10 atom stereocenters. The van der Waals surface area contributed by atoms with Crippen LogP contribution in [-0.4, -0.2) is 59.7 Å². The highest BCUT2D eigenvalue weighted by Gasteiger charge is 2.48. The number of carbonyl (C=O) groups excluding carboxylic acids is 1. The van der Waals surface area contributed by atoms with Crippen molar-refractivity contribution in [3.8, 4) is 0 Å². The Labute approximate surface area is 193 Å². The number of aliphatic hydroxyl groups excluding tert-OH is 1. The molecule has 32 heavy (non-hydrogen) atoms. The SMILES string of the molecule is CC1CCC2C(C1)NC1NCN(C(C)C(=O)N/N=C/C3C(O)CCC4CCCCC43)CC12. The standard InChI is InChI=1S/C25H43N5O2/c1-15-7-9-19-21-13-30(14-26-24(21)28-22(19)11-15)16(2)25(32)29-27-12-20-18-6-4-3-5-17(18)8-10-23(20)31/h12,15-24,26,28,31H,3-11,13-14H2,1-2H3,(H,29,32)/b27-12+. The van der Waals surface area contributed by atoms with E-state index in [2.05, 4.69) is 33.0 Å². The predicted octanol–water partition coefficient (Wildman–Crippen LogP) is 2.27. The largest absolute Gasteiger partial charge is 0.392 e. The minimum Gasteiger partial charge on any atom is -0.392 e. The first-order valence-corrected chi connectivity index (χ1v) is 13.3. The number of rotatable bonds is 4. The number of fused-ring (bicyclic) bond motifs is 4. The van der Waals surface area contributed by atoms with Gasteiger partial charge < -0.3 is 5.11 Å². The molecular formula is C25H43N5O2. The highest BCUT2D eigenvalue weighted by atomic mass is 16.3. The Balaban J connectivity index is 1.15. The predicted molar refractivity (Wildman–Crippen MR) is 126 cm³/mol. The number of hydrogen-bond donors (Lipinski definition) is 4. The zero-order chi connectivity index (χ0) is 22.2. The van der Waals surface area contributed by atoms with Gasteiger partial charge in [0.1, 0.15) is 0 Å². The molecule has 5 fully saturated rings. The first-order chi connectivity index (χ1) is 15.5. The van der Waals surface area contributed by atoms with Crippen molar-refractivity contribution in [1.29, 1.82) is 0 Å². The van der Waals surface area contributed by atoms with Crippen LogP contribution in [0.5, 0.6) is 0 Å². The van der Waals surface area contributed by atoms with Gasteiger partial charge in [0, 0.05) is 30.6 Å². The van der Waals surface area contributed by atoms with Crippen LogP contribution in [0.1, 0.15) is 71.6 Å². The van der Waals surface area contributed by atoms with E-state index in [0.717, 1.165) is 43.8 Å². The fourth-order valence-electron chi connectivity index (χ4n) is 7.63. The molecule has 0 aromatic heterocycles. The molecule has 0 radical (unpaired) electrons. The molecule has 0 spiro atoms. The van der Waals surface area contributed by atoms with Crippen LogP contribution in [0.4, 0.5) is 0 Å². The third kappa shape index (κ3) is 4.50. The number of nitrogens with one attached hydrogen (secondary N) is 3. The number of carbonyl (C=O) groups is 1. The maximum atomic E-state index is 12.9. The monoisotopic (exact) mass is 445 g/mol. The number of hydrazone groups is 1. The molecule has 0 aromatic rings. The van der Waals surface area contributed by atoms with Gasteiger partial charge in [-0.3, -0.25) is 20.3 Å². The van der Waals surface area contributed by atoms with Gasteiger partial charge in [-0.25, -0.2) is 5.43 Å². The van der Waals surface area contributed by atoms with Gasteiger partial charge >= 0.3 is 0 Å². The molecule has 7 heteroatoms. The minimum absolute atomic E-state index is 0.0493. The zero-order valence-corrected chi connectivity index (χ0v) is 19.9. The highest BCUT2D eigenvalue weighted by molar-refractivity contribution is 5.82. The summed E-state index contributed by atoms with van der Waals surface area (Å²) < 4.78 is 0. The number of aliphatic hydroxyl groups is 1. The van der Waals surface area contributed by atoms with Gasteiger partial charge in [0.15, 0.2) is 0 Å². The third-order valence-electron chi connectivity index (χ3n) is 9.59. The van der Waals surface area contributed by atoms with Crippen LogP contribution in [0.25, 0.3) is 0 Å². The van der Waals surface area contributed by atoms with E-state index in [0.29, 0.717) is 24.0 Å². The van der Waals surface area contributed by atoms with Crippen LogP contribution in [0.3, 0.4) is 0 Å². The summed E-state index contributed by atoms with van der Waals surface area (Å²) in [5.41, 5.74) is 2.80. The molecule has 180 valence electrons. The molecular weight excluding hydrogens is 402 g/mol. The van der Waals surface area contributed by atoms with Gasteiger partial charge in [0.2, 0.25) is 0 Å². The summed E-state index contributed by atoms with van der Waals surface area (Å²) in [6, 6.07) is 0.404. The van der Waals surface area contributed by atoms with Gasteiger partial charge in [0.25, 0.3) is 5.91 Å². The van der Waals surface area contributed by atoms with Crippen LogP contribution in [0.2, 0.25) is 0 Å². The van der Waals surface area contributed by atoms with E-state index < -0.39 is 0 Å². The Hall–Kier alpha value is -1.02. The lowest BCUT2D eigenvalue weighted by Gasteiger charge is -2.42. The van der Waals surface area contributed by atoms with Gasteiger partial charge in [-0.05, 0) is 62.7 Å². The van der Waals surface area contributed by atoms with Crippen molar-refractivity contribution in [2.24, 2.45) is 40.6 Å². The number of amides is 1. The summed E-state index contributed by atoms with van der Waals surface area (Å²) in [6.45, 7) is 6.05. The lowest BCUT2D eigenvalue weighted by Crippen LogP contribution is -2.60. The molecule has 2 aliphatic heterocycles. The lowest BCUT2D eigenvalue weighted by atomic mass is 9.65. The Morgan fingerprint density at radius 3 is 2.84 bits per heavy atom. The van der Waals surface area contributed by atoms with Crippen molar-refractivity contribution in [3.05, 3.63) is 0 Å².